The minimum absolute atomic E-state index is 0.00318. The molecule has 1 amide bonds. The van der Waals surface area contributed by atoms with E-state index in [1.54, 1.807) is 23.6 Å². The summed E-state index contributed by atoms with van der Waals surface area (Å²) in [6, 6.07) is 12.8. The van der Waals surface area contributed by atoms with E-state index in [-0.39, 0.29) is 34.2 Å². The van der Waals surface area contributed by atoms with Gasteiger partial charge in [-0.25, -0.2) is 9.50 Å². The number of thiophene rings is 1. The van der Waals surface area contributed by atoms with Gasteiger partial charge < -0.3 is 10.1 Å². The fourth-order valence-corrected chi connectivity index (χ4v) is 4.77. The Balaban J connectivity index is 1.50. The summed E-state index contributed by atoms with van der Waals surface area (Å²) in [6.07, 6.45) is -4.77. The van der Waals surface area contributed by atoms with Gasteiger partial charge in [-0.05, 0) is 61.0 Å². The molecule has 0 fully saturated rings. The molecule has 3 aromatic heterocycles. The Morgan fingerprint density at radius 3 is 2.55 bits per heavy atom. The molecule has 0 aliphatic rings. The number of nitro benzene ring substituents is 1. The molecule has 5 aromatic rings. The lowest BCUT2D eigenvalue weighted by Crippen LogP contribution is -2.15. The second kappa shape index (κ2) is 10.1. The lowest BCUT2D eigenvalue weighted by atomic mass is 10.1. The first-order valence-electron chi connectivity index (χ1n) is 11.8. The summed E-state index contributed by atoms with van der Waals surface area (Å²) in [5, 5.41) is 19.6. The van der Waals surface area contributed by atoms with Crippen molar-refractivity contribution < 1.29 is 27.6 Å². The predicted molar refractivity (Wildman–Crippen MR) is 143 cm³/mol. The smallest absolute Gasteiger partial charge is 0.433 e. The van der Waals surface area contributed by atoms with E-state index in [9.17, 15) is 28.1 Å². The third kappa shape index (κ3) is 5.36. The predicted octanol–water partition coefficient (Wildman–Crippen LogP) is 7.35. The first-order valence-corrected chi connectivity index (χ1v) is 12.7. The molecule has 0 saturated carbocycles. The van der Waals surface area contributed by atoms with E-state index in [2.05, 4.69) is 15.4 Å². The molecule has 0 unspecified atom stereocenters. The van der Waals surface area contributed by atoms with Crippen molar-refractivity contribution in [2.24, 2.45) is 0 Å². The average molecular weight is 568 g/mol. The minimum Gasteiger partial charge on any atom is -0.457 e. The number of hydrogen-bond donors (Lipinski definition) is 1. The number of rotatable bonds is 6. The van der Waals surface area contributed by atoms with Gasteiger partial charge in [0.15, 0.2) is 17.0 Å². The van der Waals surface area contributed by atoms with Crippen LogP contribution in [0.4, 0.5) is 24.5 Å². The highest BCUT2D eigenvalue weighted by molar-refractivity contribution is 7.13. The highest BCUT2D eigenvalue weighted by Gasteiger charge is 2.36. The number of carbonyl (C=O) groups excluding carboxylic acids is 1. The van der Waals surface area contributed by atoms with E-state index in [0.717, 1.165) is 34.9 Å². The molecule has 1 N–H and O–H groups in total. The van der Waals surface area contributed by atoms with E-state index in [0.29, 0.717) is 15.1 Å². The van der Waals surface area contributed by atoms with Crippen molar-refractivity contribution in [3.63, 3.8) is 0 Å². The van der Waals surface area contributed by atoms with Crippen LogP contribution in [0.2, 0.25) is 0 Å². The summed E-state index contributed by atoms with van der Waals surface area (Å²) < 4.78 is 48.0. The first-order chi connectivity index (χ1) is 18.9. The van der Waals surface area contributed by atoms with Gasteiger partial charge in [0.1, 0.15) is 11.5 Å². The van der Waals surface area contributed by atoms with Gasteiger partial charge in [-0.15, -0.1) is 11.3 Å². The van der Waals surface area contributed by atoms with E-state index in [1.165, 1.54) is 23.5 Å². The third-order valence-corrected chi connectivity index (χ3v) is 6.97. The number of hydrogen-bond acceptors (Lipinski definition) is 7. The number of fused-ring (bicyclic) bond motifs is 1. The molecular formula is C27H20F3N5O4S. The maximum absolute atomic E-state index is 13.9. The fraction of sp³-hybridized carbons (Fsp3) is 0.148. The molecule has 3 heterocycles. The van der Waals surface area contributed by atoms with Crippen molar-refractivity contribution in [2.45, 2.75) is 26.9 Å². The number of ether oxygens (including phenoxy) is 1. The second-order valence-electron chi connectivity index (χ2n) is 9.04. The van der Waals surface area contributed by atoms with E-state index in [1.807, 2.05) is 26.8 Å². The lowest BCUT2D eigenvalue weighted by Gasteiger charge is -2.13. The van der Waals surface area contributed by atoms with Crippen LogP contribution in [0.15, 0.2) is 60.0 Å². The van der Waals surface area contributed by atoms with E-state index >= 15 is 0 Å². The van der Waals surface area contributed by atoms with Crippen LogP contribution >= 0.6 is 11.3 Å². The summed E-state index contributed by atoms with van der Waals surface area (Å²) in [7, 11) is 0. The Morgan fingerprint density at radius 1 is 1.10 bits per heavy atom. The highest BCUT2D eigenvalue weighted by atomic mass is 32.1. The van der Waals surface area contributed by atoms with E-state index < -0.39 is 22.7 Å². The monoisotopic (exact) mass is 567 g/mol. The summed E-state index contributed by atoms with van der Waals surface area (Å²) in [4.78, 5) is 28.7. The van der Waals surface area contributed by atoms with Gasteiger partial charge in [0.2, 0.25) is 0 Å². The standard InChI is InChI=1S/C27H20F3N5O4S/c1-14-7-15(2)16(3)22(8-14)39-19-10-17(9-18(11-19)35(37)38)31-26(36)21-13-25-32-20(23-5-4-6-40-23)12-24(27(28,29)30)34(25)33-21/h4-13H,1-3H3,(H,31,36). The quantitative estimate of drug-likeness (QED) is 0.170. The zero-order valence-electron chi connectivity index (χ0n) is 21.2. The molecule has 9 nitrogen and oxygen atoms in total. The second-order valence-corrected chi connectivity index (χ2v) is 9.98. The Morgan fingerprint density at radius 2 is 1.88 bits per heavy atom. The van der Waals surface area contributed by atoms with Crippen LogP contribution < -0.4 is 10.1 Å². The molecule has 0 radical (unpaired) electrons. The van der Waals surface area contributed by atoms with Crippen molar-refractivity contribution in [3.05, 3.63) is 98.2 Å². The Kier molecular flexibility index (Phi) is 6.75. The van der Waals surface area contributed by atoms with Crippen LogP contribution in [-0.2, 0) is 6.18 Å². The zero-order chi connectivity index (χ0) is 28.8. The number of aromatic nitrogens is 3. The van der Waals surface area contributed by atoms with Crippen LogP contribution in [0, 0.1) is 30.9 Å². The Bertz CT molecular complexity index is 1780. The van der Waals surface area contributed by atoms with Crippen molar-refractivity contribution in [2.75, 3.05) is 5.32 Å². The largest absolute Gasteiger partial charge is 0.457 e. The first kappa shape index (κ1) is 26.8. The van der Waals surface area contributed by atoms with Gasteiger partial charge in [0, 0.05) is 18.2 Å². The van der Waals surface area contributed by atoms with Gasteiger partial charge in [0.05, 0.1) is 27.2 Å². The third-order valence-electron chi connectivity index (χ3n) is 6.08. The van der Waals surface area contributed by atoms with Crippen LogP contribution in [0.25, 0.3) is 16.2 Å². The molecule has 5 rings (SSSR count). The summed E-state index contributed by atoms with van der Waals surface area (Å²) in [6.45, 7) is 5.64. The number of alkyl halides is 3. The number of nitrogens with one attached hydrogen (secondary N) is 1. The number of amides is 1. The van der Waals surface area contributed by atoms with E-state index in [4.69, 9.17) is 4.74 Å². The van der Waals surface area contributed by atoms with Crippen molar-refractivity contribution in [1.29, 1.82) is 0 Å². The summed E-state index contributed by atoms with van der Waals surface area (Å²) in [5.74, 6) is -0.303. The number of non-ortho nitro benzene ring substituents is 1. The van der Waals surface area contributed by atoms with Gasteiger partial charge in [-0.1, -0.05) is 12.1 Å². The van der Waals surface area contributed by atoms with Crippen molar-refractivity contribution in [3.8, 4) is 22.1 Å². The molecular weight excluding hydrogens is 547 g/mol. The maximum atomic E-state index is 13.9. The number of benzene rings is 2. The molecule has 0 bridgehead atoms. The number of anilines is 1. The van der Waals surface area contributed by atoms with Gasteiger partial charge >= 0.3 is 6.18 Å². The fourth-order valence-electron chi connectivity index (χ4n) is 4.09. The van der Waals surface area contributed by atoms with Crippen LogP contribution in [0.5, 0.6) is 11.5 Å². The molecule has 40 heavy (non-hydrogen) atoms. The molecule has 13 heteroatoms. The molecule has 204 valence electrons. The number of carbonyl (C=O) groups is 1. The SMILES string of the molecule is Cc1cc(C)c(C)c(Oc2cc(NC(=O)c3cc4nc(-c5cccs5)cc(C(F)(F)F)n4n3)cc([N+](=O)[O-])c2)c1. The van der Waals surface area contributed by atoms with Crippen molar-refractivity contribution >= 4 is 34.3 Å². The number of halogens is 3. The highest BCUT2D eigenvalue weighted by Crippen LogP contribution is 2.35. The topological polar surface area (TPSA) is 112 Å². The Hall–Kier alpha value is -4.78. The molecule has 2 aromatic carbocycles. The van der Waals surface area contributed by atoms with Gasteiger partial charge in [-0.3, -0.25) is 14.9 Å². The normalized spacial score (nSPS) is 11.6. The van der Waals surface area contributed by atoms with Gasteiger partial charge in [-0.2, -0.15) is 18.3 Å². The number of nitro groups is 1. The van der Waals surface area contributed by atoms with Crippen LogP contribution in [0.1, 0.15) is 32.9 Å². The summed E-state index contributed by atoms with van der Waals surface area (Å²) in [5.41, 5.74) is 0.814. The Labute approximate surface area is 229 Å². The average Bonchev–Trinajstić information content (AvgIpc) is 3.56. The minimum atomic E-state index is -4.77. The van der Waals surface area contributed by atoms with Gasteiger partial charge in [0.25, 0.3) is 11.6 Å². The van der Waals surface area contributed by atoms with Crippen LogP contribution in [-0.4, -0.2) is 25.4 Å². The van der Waals surface area contributed by atoms with Crippen LogP contribution in [0.3, 0.4) is 0 Å². The molecule has 0 saturated heterocycles. The molecule has 0 aliphatic heterocycles. The number of aryl methyl sites for hydroxylation is 2. The molecule has 0 aliphatic carbocycles. The molecule has 0 spiro atoms. The molecule has 0 atom stereocenters. The zero-order valence-corrected chi connectivity index (χ0v) is 22.1. The number of nitrogens with zero attached hydrogens (tertiary/aromatic N) is 4. The lowest BCUT2D eigenvalue weighted by molar-refractivity contribution is -0.384. The maximum Gasteiger partial charge on any atom is 0.433 e. The summed E-state index contributed by atoms with van der Waals surface area (Å²) >= 11 is 1.22. The van der Waals surface area contributed by atoms with Crippen molar-refractivity contribution in [1.82, 2.24) is 14.6 Å².